The fraction of sp³-hybridized carbons (Fsp3) is 0.706. The lowest BCUT2D eigenvalue weighted by Gasteiger charge is -2.46. The Hall–Kier alpha value is -2.00. The number of esters is 3. The predicted molar refractivity (Wildman–Crippen MR) is 105 cm³/mol. The molecule has 0 aliphatic carbocycles. The molecule has 3 unspecified atom stereocenters. The first-order chi connectivity index (χ1) is 13.8. The largest absolute Gasteiger partial charge is 0.477 e. The number of nitrogens with one attached hydrogen (secondary N) is 1. The molecule has 0 aromatic carbocycles. The van der Waals surface area contributed by atoms with Gasteiger partial charge >= 0.3 is 23.9 Å². The molecule has 1 heterocycles. The van der Waals surface area contributed by atoms with Crippen molar-refractivity contribution in [2.45, 2.75) is 68.2 Å². The Morgan fingerprint density at radius 2 is 1.73 bits per heavy atom. The first-order valence-corrected chi connectivity index (χ1v) is 10.0. The van der Waals surface area contributed by atoms with E-state index in [1.807, 2.05) is 0 Å². The lowest BCUT2D eigenvalue weighted by atomic mass is 9.89. The zero-order valence-corrected chi connectivity index (χ0v) is 18.9. The Labute approximate surface area is 185 Å². The zero-order valence-electron chi connectivity index (χ0n) is 16.7. The summed E-state index contributed by atoms with van der Waals surface area (Å²) in [4.78, 5) is 57.5. The Kier molecular flexibility index (Phi) is 9.42. The molecule has 1 fully saturated rings. The predicted octanol–water partition coefficient (Wildman–Crippen LogP) is -0.717. The Morgan fingerprint density at radius 1 is 1.13 bits per heavy atom. The Balaban J connectivity index is 3.35. The Bertz CT molecular complexity index is 699. The van der Waals surface area contributed by atoms with Crippen LogP contribution in [0.15, 0.2) is 0 Å². The summed E-state index contributed by atoms with van der Waals surface area (Å²) in [6.45, 7) is 4.14. The molecule has 0 aromatic rings. The molecule has 30 heavy (non-hydrogen) atoms. The molecule has 0 saturated carbocycles. The summed E-state index contributed by atoms with van der Waals surface area (Å²) in [6, 6.07) is -1.09. The van der Waals surface area contributed by atoms with Crippen LogP contribution in [0, 0.1) is 0 Å². The normalized spacial score (nSPS) is 27.9. The molecule has 13 heteroatoms. The average Bonchev–Trinajstić information content (AvgIpc) is 2.58. The highest BCUT2D eigenvalue weighted by molar-refractivity contribution is 14.1. The van der Waals surface area contributed by atoms with E-state index in [1.54, 1.807) is 22.6 Å². The van der Waals surface area contributed by atoms with E-state index in [0.29, 0.717) is 0 Å². The average molecular weight is 545 g/mol. The van der Waals surface area contributed by atoms with Gasteiger partial charge in [-0.05, 0) is 0 Å². The number of aliphatic hydroxyl groups is 1. The number of ether oxygens (including phenoxy) is 4. The minimum atomic E-state index is -2.74. The van der Waals surface area contributed by atoms with Crippen LogP contribution in [0.1, 0.15) is 34.1 Å². The summed E-state index contributed by atoms with van der Waals surface area (Å²) in [5.41, 5.74) is 0. The number of hydrogen-bond donors (Lipinski definition) is 3. The summed E-state index contributed by atoms with van der Waals surface area (Å²) < 4.78 is 19.7. The fourth-order valence-electron chi connectivity index (χ4n) is 2.91. The molecule has 0 aromatic heterocycles. The number of alkyl halides is 1. The van der Waals surface area contributed by atoms with Gasteiger partial charge in [0.05, 0.1) is 16.4 Å². The highest BCUT2D eigenvalue weighted by atomic mass is 127. The topological polar surface area (TPSA) is 175 Å². The monoisotopic (exact) mass is 545 g/mol. The van der Waals surface area contributed by atoms with Crippen LogP contribution < -0.4 is 5.32 Å². The first kappa shape index (κ1) is 26.0. The second kappa shape index (κ2) is 10.9. The number of carboxylic acids is 1. The van der Waals surface area contributed by atoms with Gasteiger partial charge in [0.2, 0.25) is 5.91 Å². The summed E-state index contributed by atoms with van der Waals surface area (Å²) in [6.07, 6.45) is -4.36. The lowest BCUT2D eigenvalue weighted by molar-refractivity contribution is -0.279. The number of carbonyl (C=O) groups is 5. The summed E-state index contributed by atoms with van der Waals surface area (Å²) in [5.74, 6) is -7.17. The van der Waals surface area contributed by atoms with Crippen LogP contribution in [-0.4, -0.2) is 80.7 Å². The third kappa shape index (κ3) is 7.36. The van der Waals surface area contributed by atoms with Gasteiger partial charge in [-0.15, -0.1) is 0 Å². The van der Waals surface area contributed by atoms with E-state index in [1.165, 1.54) is 6.92 Å². The van der Waals surface area contributed by atoms with Gasteiger partial charge < -0.3 is 34.5 Å². The molecule has 12 nitrogen and oxygen atoms in total. The minimum Gasteiger partial charge on any atom is -0.477 e. The molecule has 1 rings (SSSR count). The molecule has 0 bridgehead atoms. The quantitative estimate of drug-likeness (QED) is 0.152. The SMILES string of the molecule is CC(=O)N[C@H]1C(C(I)C(COC(C)=O)OC(C)=O)O[C@@](O)(C(=O)O)C[C@H]1OC(C)=O. The maximum absolute atomic E-state index is 11.7. The summed E-state index contributed by atoms with van der Waals surface area (Å²) in [7, 11) is 0. The van der Waals surface area contributed by atoms with Crippen LogP contribution in [0.2, 0.25) is 0 Å². The number of halogens is 1. The van der Waals surface area contributed by atoms with Gasteiger partial charge in [0, 0.05) is 27.7 Å². The molecule has 1 aliphatic heterocycles. The van der Waals surface area contributed by atoms with Crippen molar-refractivity contribution in [3.05, 3.63) is 0 Å². The number of aliphatic carboxylic acids is 1. The maximum Gasteiger partial charge on any atom is 0.364 e. The van der Waals surface area contributed by atoms with Gasteiger partial charge in [-0.3, -0.25) is 19.2 Å². The van der Waals surface area contributed by atoms with E-state index in [2.05, 4.69) is 5.32 Å². The van der Waals surface area contributed by atoms with Gasteiger partial charge in [-0.2, -0.15) is 0 Å². The molecule has 3 N–H and O–H groups in total. The highest BCUT2D eigenvalue weighted by Crippen LogP contribution is 2.35. The fourth-order valence-corrected chi connectivity index (χ4v) is 3.86. The zero-order chi connectivity index (χ0) is 23.2. The summed E-state index contributed by atoms with van der Waals surface area (Å²) >= 11 is 1.76. The lowest BCUT2D eigenvalue weighted by Crippen LogP contribution is -2.67. The van der Waals surface area contributed by atoms with Crippen LogP contribution in [0.25, 0.3) is 0 Å². The van der Waals surface area contributed by atoms with E-state index in [4.69, 9.17) is 18.9 Å². The third-order valence-corrected chi connectivity index (χ3v) is 5.53. The molecule has 0 radical (unpaired) electrons. The van der Waals surface area contributed by atoms with E-state index in [0.717, 1.165) is 20.8 Å². The van der Waals surface area contributed by atoms with Crippen molar-refractivity contribution < 1.29 is 53.1 Å². The Morgan fingerprint density at radius 3 is 2.17 bits per heavy atom. The second-order valence-corrected chi connectivity index (χ2v) is 8.08. The van der Waals surface area contributed by atoms with Crippen molar-refractivity contribution in [3.8, 4) is 0 Å². The van der Waals surface area contributed by atoms with Crippen molar-refractivity contribution in [1.29, 1.82) is 0 Å². The smallest absolute Gasteiger partial charge is 0.364 e. The van der Waals surface area contributed by atoms with Crippen LogP contribution in [0.3, 0.4) is 0 Å². The van der Waals surface area contributed by atoms with E-state index < -0.39 is 70.3 Å². The molecule has 0 spiro atoms. The van der Waals surface area contributed by atoms with Crippen molar-refractivity contribution >= 4 is 52.4 Å². The third-order valence-electron chi connectivity index (χ3n) is 4.02. The first-order valence-electron chi connectivity index (χ1n) is 8.79. The van der Waals surface area contributed by atoms with Crippen LogP contribution in [0.4, 0.5) is 0 Å². The number of carboxylic acid groups (broad SMARTS) is 1. The molecule has 1 amide bonds. The standard InChI is InChI=1S/C17H24INO11/c1-7(20)19-14-11(28-9(3)22)5-17(26,16(24)25)30-15(14)13(18)12(29-10(4)23)6-27-8(2)21/h11-15,26H,5-6H2,1-4H3,(H,19,20)(H,24,25)/t11-,12?,13?,14-,15?,17-/m1/s1. The van der Waals surface area contributed by atoms with Crippen molar-refractivity contribution in [2.75, 3.05) is 6.61 Å². The second-order valence-electron chi connectivity index (χ2n) is 6.65. The van der Waals surface area contributed by atoms with Crippen LogP contribution >= 0.6 is 22.6 Å². The number of hydrogen-bond acceptors (Lipinski definition) is 10. The van der Waals surface area contributed by atoms with Crippen molar-refractivity contribution in [1.82, 2.24) is 5.32 Å². The highest BCUT2D eigenvalue weighted by Gasteiger charge is 2.55. The van der Waals surface area contributed by atoms with Gasteiger partial charge in [0.1, 0.15) is 18.8 Å². The van der Waals surface area contributed by atoms with Crippen molar-refractivity contribution in [3.63, 3.8) is 0 Å². The van der Waals surface area contributed by atoms with Gasteiger partial charge in [-0.1, -0.05) is 22.6 Å². The molecular weight excluding hydrogens is 521 g/mol. The summed E-state index contributed by atoms with van der Waals surface area (Å²) in [5, 5.41) is 22.4. The van der Waals surface area contributed by atoms with Gasteiger partial charge in [0.25, 0.3) is 5.79 Å². The maximum atomic E-state index is 11.7. The molecular formula is C17H24INO11. The van der Waals surface area contributed by atoms with E-state index in [-0.39, 0.29) is 6.61 Å². The van der Waals surface area contributed by atoms with Gasteiger partial charge in [0.15, 0.2) is 6.10 Å². The van der Waals surface area contributed by atoms with Crippen LogP contribution in [-0.2, 0) is 42.9 Å². The number of amides is 1. The van der Waals surface area contributed by atoms with Crippen molar-refractivity contribution in [2.24, 2.45) is 0 Å². The molecule has 170 valence electrons. The minimum absolute atomic E-state index is 0.390. The number of carbonyl (C=O) groups excluding carboxylic acids is 4. The van der Waals surface area contributed by atoms with Gasteiger partial charge in [-0.25, -0.2) is 4.79 Å². The van der Waals surface area contributed by atoms with E-state index in [9.17, 15) is 34.2 Å². The molecule has 6 atom stereocenters. The molecule has 1 saturated heterocycles. The molecule has 1 aliphatic rings. The number of rotatable bonds is 8. The van der Waals surface area contributed by atoms with Crippen LogP contribution in [0.5, 0.6) is 0 Å². The van der Waals surface area contributed by atoms with E-state index >= 15 is 0 Å².